The first-order chi connectivity index (χ1) is 73.1. The van der Waals surface area contributed by atoms with Gasteiger partial charge < -0.3 is 85.0 Å². The van der Waals surface area contributed by atoms with Crippen LogP contribution in [-0.4, -0.2) is 263 Å². The average molecular weight is 2040 g/mol. The van der Waals surface area contributed by atoms with Gasteiger partial charge in [0, 0.05) is 57.9 Å². The highest BCUT2D eigenvalue weighted by molar-refractivity contribution is 6.11. The third kappa shape index (κ3) is 22.6. The van der Waals surface area contributed by atoms with E-state index in [9.17, 15) is 50.7 Å². The number of morpholine rings is 1. The molecule has 0 aliphatic carbocycles. The standard InChI is InChI=1S/C23H21F2N7O2.C23H24N6O2.C22H20F2N6O2.C19H17N5O3.C18H14FN5O2/c1-31-7-9-32(10-8-31)23(34)13-5-6-16-17(11-13)28-21(27-16)20-18(12-26-30-20)29-22(33)19-14(24)3-2-4-15(19)25;30-23(16-7-1-4-10-20(16)31-14-13-29-11-5-6-12-29)27-19-15-24-28-21(19)22-25-17-8-2-3-9-18(17)26-22;23-14-2-1-3-15(24)19(14)22(31)28-18-11-25-29-20(18)21-26-16-5-4-13(10-17(16)27-21)12-30-6-8-32-9-7-30;1-26-14-8-5-9-15(27-2)16(14)19(25)23-13-10-20-24-17(13)18-21-11-6-3-4-7-12(11)22-18;1-26-14-8-4-5-10(15(14)19)18(25)23-13-9-20-24-16(13)17-21-11-6-2-3-7-12(11)22-17/h2-6,11-12H,7-10H2,1H3,(H,26,30)(H,27,28)(H,29,33);1-4,7-10,15H,5-6,11-14H2,(H,24,28)(H,25,26)(H,27,30);1-5,10-11H,6-9,12H2,(H,25,29)(H,26,27)(H,28,31);3-10H,1-2H3,(H,20,24)(H,21,22)(H,23,25);2-9H,1H3,(H,20,24)(H,21,22)(H,23,25). The van der Waals surface area contributed by atoms with Gasteiger partial charge in [-0.3, -0.25) is 64.1 Å². The van der Waals surface area contributed by atoms with Gasteiger partial charge in [0.2, 0.25) is 0 Å². The van der Waals surface area contributed by atoms with Gasteiger partial charge in [0.15, 0.2) is 40.7 Å². The van der Waals surface area contributed by atoms with Gasteiger partial charge in [0.25, 0.3) is 35.4 Å². The molecule has 10 aromatic heterocycles. The highest BCUT2D eigenvalue weighted by atomic mass is 19.1. The van der Waals surface area contributed by atoms with E-state index in [0.717, 1.165) is 140 Å². The summed E-state index contributed by atoms with van der Waals surface area (Å²) in [6, 6.07) is 57.5. The number of methoxy groups -OCH3 is 3. The molecule has 3 fully saturated rings. The summed E-state index contributed by atoms with van der Waals surface area (Å²) < 4.78 is 97.0. The number of rotatable bonds is 25. The highest BCUT2D eigenvalue weighted by Crippen LogP contribution is 2.37. The molecule has 13 heterocycles. The average Bonchev–Trinajstić information content (AvgIpc) is 1.69. The zero-order valence-corrected chi connectivity index (χ0v) is 80.8. The first-order valence-corrected chi connectivity index (χ1v) is 47.4. The zero-order chi connectivity index (χ0) is 104. The lowest BCUT2D eigenvalue weighted by molar-refractivity contribution is 0.0342. The summed E-state index contributed by atoms with van der Waals surface area (Å²) in [7, 11) is 6.38. The van der Waals surface area contributed by atoms with Crippen LogP contribution >= 0.6 is 0 Å². The van der Waals surface area contributed by atoms with Gasteiger partial charge in [-0.15, -0.1) is 0 Å². The Morgan fingerprint density at radius 3 is 1.16 bits per heavy atom. The van der Waals surface area contributed by atoms with Gasteiger partial charge in [-0.2, -0.15) is 25.5 Å². The molecular formula is C105H96F5N29O11. The van der Waals surface area contributed by atoms with Crippen LogP contribution in [-0.2, 0) is 11.3 Å². The van der Waals surface area contributed by atoms with Crippen molar-refractivity contribution in [3.8, 4) is 80.6 Å². The molecule has 45 heteroatoms. The molecule has 20 aromatic rings. The minimum Gasteiger partial charge on any atom is -0.496 e. The van der Waals surface area contributed by atoms with Crippen LogP contribution in [0.25, 0.3) is 113 Å². The number of aromatic amines is 10. The Balaban J connectivity index is 0.000000118. The summed E-state index contributed by atoms with van der Waals surface area (Å²) in [5.74, 6) is -3.76. The van der Waals surface area contributed by atoms with Crippen LogP contribution in [0, 0.1) is 29.1 Å². The second-order valence-electron chi connectivity index (χ2n) is 34.6. The van der Waals surface area contributed by atoms with Gasteiger partial charge >= 0.3 is 0 Å². The van der Waals surface area contributed by atoms with Crippen molar-refractivity contribution in [1.29, 1.82) is 0 Å². The molecule has 150 heavy (non-hydrogen) atoms. The van der Waals surface area contributed by atoms with E-state index >= 15 is 0 Å². The van der Waals surface area contributed by atoms with Gasteiger partial charge in [0.1, 0.15) is 92.3 Å². The molecule has 3 aliphatic rings. The number of carbonyl (C=O) groups excluding carboxylic acids is 6. The predicted molar refractivity (Wildman–Crippen MR) is 550 cm³/mol. The molecule has 3 saturated heterocycles. The van der Waals surface area contributed by atoms with Gasteiger partial charge in [0.05, 0.1) is 160 Å². The molecule has 6 amide bonds. The summed E-state index contributed by atoms with van der Waals surface area (Å²) in [6.07, 6.45) is 9.73. The minimum atomic E-state index is -0.969. The van der Waals surface area contributed by atoms with E-state index in [1.54, 1.807) is 54.7 Å². The largest absolute Gasteiger partial charge is 0.496 e. The number of para-hydroxylation sites is 7. The Kier molecular flexibility index (Phi) is 30.3. The molecule has 10 aromatic carbocycles. The number of amides is 6. The van der Waals surface area contributed by atoms with Crippen molar-refractivity contribution in [2.24, 2.45) is 0 Å². The number of nitrogens with zero attached hydrogens (tertiary/aromatic N) is 14. The van der Waals surface area contributed by atoms with Crippen LogP contribution in [0.2, 0.25) is 0 Å². The van der Waals surface area contributed by atoms with Crippen LogP contribution in [0.4, 0.5) is 50.4 Å². The third-order valence-corrected chi connectivity index (χ3v) is 24.8. The number of hydrogen-bond donors (Lipinski definition) is 15. The number of piperazine rings is 1. The van der Waals surface area contributed by atoms with E-state index in [1.807, 2.05) is 121 Å². The van der Waals surface area contributed by atoms with Crippen molar-refractivity contribution in [3.05, 3.63) is 305 Å². The van der Waals surface area contributed by atoms with E-state index in [4.69, 9.17) is 23.7 Å². The van der Waals surface area contributed by atoms with E-state index < -0.39 is 57.9 Å². The summed E-state index contributed by atoms with van der Waals surface area (Å²) in [5.41, 5.74) is 13.3. The van der Waals surface area contributed by atoms with Crippen molar-refractivity contribution in [2.75, 3.05) is 134 Å². The monoisotopic (exact) mass is 2030 g/mol. The molecule has 0 unspecified atom stereocenters. The smallest absolute Gasteiger partial charge is 0.263 e. The molecule has 0 atom stereocenters. The van der Waals surface area contributed by atoms with E-state index in [2.05, 4.69) is 142 Å². The topological polar surface area (TPSA) is 508 Å². The Bertz CT molecular complexity index is 8120. The fourth-order valence-corrected chi connectivity index (χ4v) is 17.1. The predicted octanol–water partition coefficient (Wildman–Crippen LogP) is 16.4. The van der Waals surface area contributed by atoms with Crippen molar-refractivity contribution in [1.82, 2.24) is 120 Å². The van der Waals surface area contributed by atoms with Crippen molar-refractivity contribution in [3.63, 3.8) is 0 Å². The molecule has 762 valence electrons. The molecule has 23 rings (SSSR count). The number of anilines is 5. The molecule has 0 saturated carbocycles. The van der Waals surface area contributed by atoms with Gasteiger partial charge in [-0.25, -0.2) is 46.9 Å². The number of likely N-dealkylation sites (N-methyl/N-ethyl adjacent to an activating group) is 1. The fraction of sp³-hybridized carbons (Fsp3) is 0.181. The number of nitrogens with one attached hydrogen (secondary N) is 15. The van der Waals surface area contributed by atoms with Gasteiger partial charge in [-0.1, -0.05) is 78.9 Å². The molecule has 0 bridgehead atoms. The number of ether oxygens (including phenoxy) is 5. The maximum Gasteiger partial charge on any atom is 0.263 e. The number of likely N-dealkylation sites (tertiary alicyclic amines) is 1. The molecule has 3 aliphatic heterocycles. The Labute approximate surface area is 848 Å². The van der Waals surface area contributed by atoms with Crippen LogP contribution in [0.5, 0.6) is 23.0 Å². The zero-order valence-electron chi connectivity index (χ0n) is 80.8. The number of hydrogen-bond acceptors (Lipinski definition) is 24. The summed E-state index contributed by atoms with van der Waals surface area (Å²) in [4.78, 5) is 124. The van der Waals surface area contributed by atoms with E-state index in [0.29, 0.717) is 139 Å². The Morgan fingerprint density at radius 2 is 0.713 bits per heavy atom. The van der Waals surface area contributed by atoms with Crippen LogP contribution < -0.4 is 45.5 Å². The van der Waals surface area contributed by atoms with Gasteiger partial charge in [-0.05, 0) is 166 Å². The quantitative estimate of drug-likeness (QED) is 0.0236. The Morgan fingerprint density at radius 1 is 0.353 bits per heavy atom. The summed E-state index contributed by atoms with van der Waals surface area (Å²) >= 11 is 0. The van der Waals surface area contributed by atoms with Crippen LogP contribution in [0.3, 0.4) is 0 Å². The maximum absolute atomic E-state index is 14.3. The second-order valence-corrected chi connectivity index (χ2v) is 34.6. The third-order valence-electron chi connectivity index (χ3n) is 24.8. The second kappa shape index (κ2) is 45.6. The fourth-order valence-electron chi connectivity index (χ4n) is 17.1. The molecule has 15 N–H and O–H groups in total. The number of carbonyl (C=O) groups is 6. The van der Waals surface area contributed by atoms with Crippen molar-refractivity contribution >= 4 is 119 Å². The lowest BCUT2D eigenvalue weighted by atomic mass is 10.1. The lowest BCUT2D eigenvalue weighted by Crippen LogP contribution is -2.47. The van der Waals surface area contributed by atoms with Crippen LogP contribution in [0.1, 0.15) is 80.6 Å². The lowest BCUT2D eigenvalue weighted by Gasteiger charge is -2.32. The molecule has 0 radical (unpaired) electrons. The number of benzene rings is 10. The first kappa shape index (κ1) is 99.8. The van der Waals surface area contributed by atoms with Crippen molar-refractivity contribution < 1.29 is 74.4 Å². The number of aromatic nitrogens is 20. The number of H-pyrrole nitrogens is 10. The van der Waals surface area contributed by atoms with Crippen LogP contribution in [0.15, 0.2) is 237 Å². The number of fused-ring (bicyclic) bond motifs is 5. The molecular weight excluding hydrogens is 1940 g/mol. The summed E-state index contributed by atoms with van der Waals surface area (Å²) in [5, 5.41) is 47.5. The first-order valence-electron chi connectivity index (χ1n) is 47.4. The molecule has 0 spiro atoms. The van der Waals surface area contributed by atoms with Crippen molar-refractivity contribution in [2.45, 2.75) is 19.4 Å². The normalized spacial score (nSPS) is 13.2. The number of imidazole rings is 5. The minimum absolute atomic E-state index is 0.00218. The number of halogens is 5. The van der Waals surface area contributed by atoms with E-state index in [-0.39, 0.29) is 40.4 Å². The molecule has 40 nitrogen and oxygen atoms in total. The SMILES string of the molecule is CN1CCN(C(=O)c2ccc3nc(-c4[nH]ncc4NC(=O)c4c(F)cccc4F)[nH]c3c2)CC1.COc1cccc(C(=O)Nc2cn[nH]c2-c2nc3ccccc3[nH]2)c1F.COc1cccc(OC)c1C(=O)Nc1cn[nH]c1-c1nc2ccccc2[nH]1.O=C(Nc1cn[nH]c1-c1nc2ccc(CN3CCOCC3)cc2[nH]1)c1c(F)cccc1F.O=C(Nc1cn[nH]c1-c1nc2ccccc2[nH]1)c1ccccc1OCCN1CCCC1. The summed E-state index contributed by atoms with van der Waals surface area (Å²) in [6.45, 7) is 10.7. The Hall–Kier alpha value is -18.9. The highest BCUT2D eigenvalue weighted by Gasteiger charge is 2.30. The maximum atomic E-state index is 14.3. The van der Waals surface area contributed by atoms with E-state index in [1.165, 1.54) is 83.2 Å².